The molecule has 204 valence electrons. The van der Waals surface area contributed by atoms with Crippen LogP contribution >= 0.6 is 0 Å². The van der Waals surface area contributed by atoms with E-state index in [4.69, 9.17) is 0 Å². The first kappa shape index (κ1) is 24.3. The van der Waals surface area contributed by atoms with Crippen LogP contribution in [0.5, 0.6) is 0 Å². The molecule has 0 aliphatic heterocycles. The van der Waals surface area contributed by atoms with E-state index in [2.05, 4.69) is 169 Å². The normalized spacial score (nSPS) is 13.5. The summed E-state index contributed by atoms with van der Waals surface area (Å²) < 4.78 is 4.77. The number of aromatic nitrogens is 2. The number of hydrogen-bond donors (Lipinski definition) is 0. The van der Waals surface area contributed by atoms with Gasteiger partial charge in [0.2, 0.25) is 0 Å². The fourth-order valence-electron chi connectivity index (χ4n) is 7.44. The average molecular weight is 551 g/mol. The van der Waals surface area contributed by atoms with Crippen molar-refractivity contribution in [2.45, 2.75) is 19.3 Å². The zero-order chi connectivity index (χ0) is 28.7. The van der Waals surface area contributed by atoms with Crippen molar-refractivity contribution < 1.29 is 0 Å². The lowest BCUT2D eigenvalue weighted by atomic mass is 9.81. The predicted octanol–water partition coefficient (Wildman–Crippen LogP) is 10.7. The highest BCUT2D eigenvalue weighted by Gasteiger charge is 2.35. The van der Waals surface area contributed by atoms with Crippen LogP contribution < -0.4 is 0 Å². The zero-order valence-electron chi connectivity index (χ0n) is 24.3. The van der Waals surface area contributed by atoms with Gasteiger partial charge in [-0.25, -0.2) is 0 Å². The maximum Gasteiger partial charge on any atom is 0.0788 e. The summed E-state index contributed by atoms with van der Waals surface area (Å²) in [5, 5.41) is 3.76. The quantitative estimate of drug-likeness (QED) is 0.207. The van der Waals surface area contributed by atoms with E-state index in [0.717, 1.165) is 5.69 Å². The lowest BCUT2D eigenvalue weighted by molar-refractivity contribution is 0.660. The van der Waals surface area contributed by atoms with Crippen LogP contribution in [-0.2, 0) is 5.41 Å². The average Bonchev–Trinajstić information content (AvgIpc) is 3.70. The monoisotopic (exact) mass is 550 g/mol. The van der Waals surface area contributed by atoms with Crippen LogP contribution in [-0.4, -0.2) is 9.13 Å². The Kier molecular flexibility index (Phi) is 4.99. The Balaban J connectivity index is 1.31. The minimum atomic E-state index is -0.0240. The summed E-state index contributed by atoms with van der Waals surface area (Å²) in [6, 6.07) is 51.1. The van der Waals surface area contributed by atoms with Crippen molar-refractivity contribution in [2.75, 3.05) is 0 Å². The molecule has 0 fully saturated rings. The number of para-hydroxylation sites is 2. The number of nitrogens with zero attached hydrogens (tertiary/aromatic N) is 2. The Labute approximate surface area is 251 Å². The SMILES string of the molecule is CC1(C)c2ccccc2-c2ccc(-c3ccc4c(c3)c3ccc5ccn(-c6ccccc6)c5c3n4-c3ccccc3)cc21. The minimum Gasteiger partial charge on any atom is -0.315 e. The Bertz CT molecular complexity index is 2350. The zero-order valence-corrected chi connectivity index (χ0v) is 24.3. The van der Waals surface area contributed by atoms with Crippen LogP contribution in [0.2, 0.25) is 0 Å². The largest absolute Gasteiger partial charge is 0.315 e. The molecule has 0 saturated carbocycles. The van der Waals surface area contributed by atoms with Crippen LogP contribution in [0.3, 0.4) is 0 Å². The van der Waals surface area contributed by atoms with Crippen LogP contribution in [0.25, 0.3) is 66.3 Å². The van der Waals surface area contributed by atoms with Gasteiger partial charge in [0.15, 0.2) is 0 Å². The van der Waals surface area contributed by atoms with Crippen molar-refractivity contribution in [3.8, 4) is 33.6 Å². The highest BCUT2D eigenvalue weighted by Crippen LogP contribution is 2.49. The molecule has 6 aromatic carbocycles. The van der Waals surface area contributed by atoms with E-state index in [1.165, 1.54) is 71.8 Å². The van der Waals surface area contributed by atoms with Gasteiger partial charge in [-0.2, -0.15) is 0 Å². The highest BCUT2D eigenvalue weighted by atomic mass is 15.0. The topological polar surface area (TPSA) is 9.86 Å². The maximum atomic E-state index is 2.44. The Morgan fingerprint density at radius 2 is 1.16 bits per heavy atom. The predicted molar refractivity (Wildman–Crippen MR) is 181 cm³/mol. The second kappa shape index (κ2) is 8.83. The van der Waals surface area contributed by atoms with Gasteiger partial charge in [0, 0.05) is 39.1 Å². The summed E-state index contributed by atoms with van der Waals surface area (Å²) in [5.74, 6) is 0. The second-order valence-electron chi connectivity index (χ2n) is 12.3. The lowest BCUT2D eigenvalue weighted by Crippen LogP contribution is -2.14. The van der Waals surface area contributed by atoms with E-state index in [0.29, 0.717) is 0 Å². The molecule has 0 spiro atoms. The number of rotatable bonds is 3. The van der Waals surface area contributed by atoms with Crippen LogP contribution in [0, 0.1) is 0 Å². The molecule has 9 rings (SSSR count). The molecule has 2 aromatic heterocycles. The first-order valence-corrected chi connectivity index (χ1v) is 15.0. The van der Waals surface area contributed by atoms with Crippen molar-refractivity contribution in [3.05, 3.63) is 157 Å². The van der Waals surface area contributed by atoms with Gasteiger partial charge < -0.3 is 9.13 Å². The van der Waals surface area contributed by atoms with E-state index in [-0.39, 0.29) is 5.41 Å². The van der Waals surface area contributed by atoms with Crippen molar-refractivity contribution >= 4 is 32.7 Å². The molecule has 0 saturated heterocycles. The number of benzene rings is 6. The summed E-state index contributed by atoms with van der Waals surface area (Å²) in [7, 11) is 0. The Morgan fingerprint density at radius 1 is 0.488 bits per heavy atom. The minimum absolute atomic E-state index is 0.0240. The van der Waals surface area contributed by atoms with E-state index in [1.54, 1.807) is 0 Å². The molecule has 8 aromatic rings. The molecule has 2 heteroatoms. The molecule has 0 unspecified atom stereocenters. The number of hydrogen-bond acceptors (Lipinski definition) is 0. The van der Waals surface area contributed by atoms with Gasteiger partial charge >= 0.3 is 0 Å². The molecule has 0 amide bonds. The second-order valence-corrected chi connectivity index (χ2v) is 12.3. The van der Waals surface area contributed by atoms with Crippen LogP contribution in [0.1, 0.15) is 25.0 Å². The molecule has 1 aliphatic rings. The van der Waals surface area contributed by atoms with Gasteiger partial charge in [-0.1, -0.05) is 105 Å². The molecule has 0 N–H and O–H groups in total. The molecule has 43 heavy (non-hydrogen) atoms. The Morgan fingerprint density at radius 3 is 1.98 bits per heavy atom. The molecule has 0 atom stereocenters. The van der Waals surface area contributed by atoms with E-state index >= 15 is 0 Å². The van der Waals surface area contributed by atoms with Gasteiger partial charge in [0.1, 0.15) is 0 Å². The Hall–Kier alpha value is -5.34. The van der Waals surface area contributed by atoms with Gasteiger partial charge in [0.25, 0.3) is 0 Å². The van der Waals surface area contributed by atoms with Gasteiger partial charge in [-0.3, -0.25) is 0 Å². The molecule has 0 radical (unpaired) electrons. The standard InChI is InChI=1S/C41H30N2/c1-41(2)36-16-10-9-15-32(36)33-20-18-29(26-37(33)41)28-19-22-38-35(25-28)34-21-17-27-23-24-42(30-11-5-3-6-12-30)39(27)40(34)43(38)31-13-7-4-8-14-31/h3-26H,1-2H3. The number of fused-ring (bicyclic) bond motifs is 8. The molecule has 1 aliphatic carbocycles. The van der Waals surface area contributed by atoms with E-state index in [1.807, 2.05) is 0 Å². The van der Waals surface area contributed by atoms with Gasteiger partial charge in [-0.05, 0) is 81.9 Å². The summed E-state index contributed by atoms with van der Waals surface area (Å²) in [4.78, 5) is 0. The molecule has 0 bridgehead atoms. The van der Waals surface area contributed by atoms with E-state index < -0.39 is 0 Å². The molecule has 2 nitrogen and oxygen atoms in total. The summed E-state index contributed by atoms with van der Waals surface area (Å²) in [6.45, 7) is 4.70. The maximum absolute atomic E-state index is 2.44. The van der Waals surface area contributed by atoms with Gasteiger partial charge in [-0.15, -0.1) is 0 Å². The third-order valence-electron chi connectivity index (χ3n) is 9.54. The smallest absolute Gasteiger partial charge is 0.0788 e. The van der Waals surface area contributed by atoms with Crippen molar-refractivity contribution in [3.63, 3.8) is 0 Å². The summed E-state index contributed by atoms with van der Waals surface area (Å²) in [5.41, 5.74) is 14.0. The summed E-state index contributed by atoms with van der Waals surface area (Å²) in [6.07, 6.45) is 2.20. The summed E-state index contributed by atoms with van der Waals surface area (Å²) >= 11 is 0. The first-order valence-electron chi connectivity index (χ1n) is 15.0. The van der Waals surface area contributed by atoms with Crippen molar-refractivity contribution in [2.24, 2.45) is 0 Å². The lowest BCUT2D eigenvalue weighted by Gasteiger charge is -2.22. The van der Waals surface area contributed by atoms with E-state index in [9.17, 15) is 0 Å². The molecular weight excluding hydrogens is 520 g/mol. The van der Waals surface area contributed by atoms with Crippen LogP contribution in [0.4, 0.5) is 0 Å². The van der Waals surface area contributed by atoms with Crippen molar-refractivity contribution in [1.29, 1.82) is 0 Å². The third kappa shape index (κ3) is 3.41. The third-order valence-corrected chi connectivity index (χ3v) is 9.54. The van der Waals surface area contributed by atoms with Gasteiger partial charge in [0.05, 0.1) is 16.6 Å². The van der Waals surface area contributed by atoms with Crippen molar-refractivity contribution in [1.82, 2.24) is 9.13 Å². The fraction of sp³-hybridized carbons (Fsp3) is 0.0732. The highest BCUT2D eigenvalue weighted by molar-refractivity contribution is 6.18. The van der Waals surface area contributed by atoms with Crippen LogP contribution in [0.15, 0.2) is 146 Å². The molecule has 2 heterocycles. The molecular formula is C41H30N2. The fourth-order valence-corrected chi connectivity index (χ4v) is 7.44. The first-order chi connectivity index (χ1) is 21.1.